The van der Waals surface area contributed by atoms with Crippen LogP contribution in [0.2, 0.25) is 0 Å². The summed E-state index contributed by atoms with van der Waals surface area (Å²) < 4.78 is 5.14. The molecule has 0 aliphatic heterocycles. The largest absolute Gasteiger partial charge is 0.476 e. The molecule has 16 heavy (non-hydrogen) atoms. The summed E-state index contributed by atoms with van der Waals surface area (Å²) in [7, 11) is 0. The quantitative estimate of drug-likeness (QED) is 0.867. The van der Waals surface area contributed by atoms with Crippen molar-refractivity contribution in [2.45, 2.75) is 17.0 Å². The third-order valence-electron chi connectivity index (χ3n) is 1.68. The lowest BCUT2D eigenvalue weighted by molar-refractivity contribution is 0.0686. The highest BCUT2D eigenvalue weighted by Gasteiger charge is 2.14. The summed E-state index contributed by atoms with van der Waals surface area (Å²) in [6.07, 6.45) is 1.42. The first-order chi connectivity index (χ1) is 7.66. The molecule has 0 aromatic carbocycles. The maximum Gasteiger partial charge on any atom is 0.355 e. The molecule has 2 rings (SSSR count). The zero-order chi connectivity index (χ0) is 11.5. The molecule has 0 saturated heterocycles. The van der Waals surface area contributed by atoms with Gasteiger partial charge in [0.25, 0.3) is 5.22 Å². The highest BCUT2D eigenvalue weighted by Crippen LogP contribution is 2.28. The van der Waals surface area contributed by atoms with Crippen molar-refractivity contribution in [2.75, 3.05) is 0 Å². The van der Waals surface area contributed by atoms with E-state index < -0.39 is 5.97 Å². The Morgan fingerprint density at radius 2 is 2.31 bits per heavy atom. The van der Waals surface area contributed by atoms with Gasteiger partial charge in [-0.15, -0.1) is 10.2 Å². The van der Waals surface area contributed by atoms with Crippen molar-refractivity contribution < 1.29 is 14.3 Å². The molecule has 0 unspecified atom stereocenters. The molecule has 0 aliphatic rings. The third kappa shape index (κ3) is 2.19. The van der Waals surface area contributed by atoms with Crippen LogP contribution in [0.4, 0.5) is 0 Å². The Morgan fingerprint density at radius 1 is 1.50 bits per heavy atom. The molecule has 0 atom stereocenters. The number of aromatic nitrogens is 3. The molecule has 0 amide bonds. The fourth-order valence-electron chi connectivity index (χ4n) is 1.05. The number of hydrogen-bond donors (Lipinski definition) is 1. The standard InChI is InChI=1S/C9H7N3O3S/c1-5-11-12-9(15-5)16-6-3-2-4-10-7(6)8(13)14/h2-4H,1H3,(H,13,14). The van der Waals surface area contributed by atoms with Crippen LogP contribution in [-0.4, -0.2) is 26.3 Å². The van der Waals surface area contributed by atoms with E-state index in [1.807, 2.05) is 0 Å². The minimum Gasteiger partial charge on any atom is -0.476 e. The zero-order valence-corrected chi connectivity index (χ0v) is 9.06. The monoisotopic (exact) mass is 237 g/mol. The van der Waals surface area contributed by atoms with Crippen LogP contribution in [0.25, 0.3) is 0 Å². The van der Waals surface area contributed by atoms with Crippen molar-refractivity contribution >= 4 is 17.7 Å². The van der Waals surface area contributed by atoms with E-state index in [9.17, 15) is 4.79 Å². The van der Waals surface area contributed by atoms with Gasteiger partial charge < -0.3 is 9.52 Å². The second-order valence-corrected chi connectivity index (χ2v) is 3.84. The Bertz CT molecular complexity index is 526. The Labute approximate surface area is 94.7 Å². The molecule has 0 saturated carbocycles. The number of carboxylic acids is 1. The van der Waals surface area contributed by atoms with Gasteiger partial charge in [0.05, 0.1) is 4.90 Å². The van der Waals surface area contributed by atoms with Crippen molar-refractivity contribution in [1.29, 1.82) is 0 Å². The fourth-order valence-corrected chi connectivity index (χ4v) is 1.86. The normalized spacial score (nSPS) is 10.3. The van der Waals surface area contributed by atoms with Gasteiger partial charge in [0, 0.05) is 13.1 Å². The smallest absolute Gasteiger partial charge is 0.355 e. The van der Waals surface area contributed by atoms with Crippen molar-refractivity contribution in [3.05, 3.63) is 29.9 Å². The van der Waals surface area contributed by atoms with Crippen LogP contribution in [0.1, 0.15) is 16.4 Å². The van der Waals surface area contributed by atoms with Crippen LogP contribution in [0.15, 0.2) is 32.9 Å². The molecule has 0 bridgehead atoms. The Balaban J connectivity index is 2.31. The van der Waals surface area contributed by atoms with Gasteiger partial charge in [-0.25, -0.2) is 9.78 Å². The first-order valence-corrected chi connectivity index (χ1v) is 5.15. The Morgan fingerprint density at radius 3 is 2.94 bits per heavy atom. The summed E-state index contributed by atoms with van der Waals surface area (Å²) in [5.41, 5.74) is -0.0247. The van der Waals surface area contributed by atoms with Gasteiger partial charge in [-0.1, -0.05) is 0 Å². The van der Waals surface area contributed by atoms with Crippen molar-refractivity contribution in [1.82, 2.24) is 15.2 Å². The van der Waals surface area contributed by atoms with Crippen LogP contribution in [0, 0.1) is 6.92 Å². The number of hydrogen-bond acceptors (Lipinski definition) is 6. The minimum absolute atomic E-state index is 0.0247. The molecule has 0 radical (unpaired) electrons. The highest BCUT2D eigenvalue weighted by atomic mass is 32.2. The minimum atomic E-state index is -1.08. The summed E-state index contributed by atoms with van der Waals surface area (Å²) in [5, 5.41) is 16.6. The summed E-state index contributed by atoms with van der Waals surface area (Å²) in [6.45, 7) is 1.67. The predicted octanol–water partition coefficient (Wildman–Crippen LogP) is 1.62. The lowest BCUT2D eigenvalue weighted by Crippen LogP contribution is -2.01. The average Bonchev–Trinajstić information content (AvgIpc) is 2.64. The first-order valence-electron chi connectivity index (χ1n) is 4.33. The van der Waals surface area contributed by atoms with E-state index >= 15 is 0 Å². The number of nitrogens with zero attached hydrogens (tertiary/aromatic N) is 3. The molecule has 6 nitrogen and oxygen atoms in total. The van der Waals surface area contributed by atoms with Gasteiger partial charge in [-0.3, -0.25) is 0 Å². The second-order valence-electron chi connectivity index (χ2n) is 2.84. The maximum absolute atomic E-state index is 10.9. The van der Waals surface area contributed by atoms with E-state index in [4.69, 9.17) is 9.52 Å². The van der Waals surface area contributed by atoms with Crippen LogP contribution in [-0.2, 0) is 0 Å². The molecule has 2 heterocycles. The lowest BCUT2D eigenvalue weighted by atomic mass is 10.3. The lowest BCUT2D eigenvalue weighted by Gasteiger charge is -2.00. The van der Waals surface area contributed by atoms with Crippen LogP contribution in [0.3, 0.4) is 0 Å². The first kappa shape index (κ1) is 10.6. The van der Waals surface area contributed by atoms with E-state index in [-0.39, 0.29) is 5.69 Å². The van der Waals surface area contributed by atoms with Gasteiger partial charge >= 0.3 is 5.97 Å². The van der Waals surface area contributed by atoms with Gasteiger partial charge in [0.15, 0.2) is 5.69 Å². The molecule has 2 aromatic heterocycles. The molecule has 7 heteroatoms. The third-order valence-corrected chi connectivity index (χ3v) is 2.57. The number of pyridine rings is 1. The molecular weight excluding hydrogens is 230 g/mol. The molecule has 1 N–H and O–H groups in total. The predicted molar refractivity (Wildman–Crippen MR) is 54.4 cm³/mol. The van der Waals surface area contributed by atoms with Crippen LogP contribution >= 0.6 is 11.8 Å². The molecule has 0 fully saturated rings. The van der Waals surface area contributed by atoms with Crippen molar-refractivity contribution in [3.63, 3.8) is 0 Å². The molecule has 0 spiro atoms. The molecule has 2 aromatic rings. The molecular formula is C9H7N3O3S. The van der Waals surface area contributed by atoms with E-state index in [2.05, 4.69) is 15.2 Å². The van der Waals surface area contributed by atoms with Crippen LogP contribution in [0.5, 0.6) is 0 Å². The van der Waals surface area contributed by atoms with E-state index in [0.29, 0.717) is 16.0 Å². The zero-order valence-electron chi connectivity index (χ0n) is 8.25. The summed E-state index contributed by atoms with van der Waals surface area (Å²) in [5.74, 6) is -0.650. The molecule has 82 valence electrons. The number of aromatic carboxylic acids is 1. The van der Waals surface area contributed by atoms with Crippen molar-refractivity contribution in [3.8, 4) is 0 Å². The van der Waals surface area contributed by atoms with Gasteiger partial charge in [-0.05, 0) is 23.9 Å². The van der Waals surface area contributed by atoms with E-state index in [1.54, 1.807) is 19.1 Å². The second kappa shape index (κ2) is 4.31. The highest BCUT2D eigenvalue weighted by molar-refractivity contribution is 7.99. The summed E-state index contributed by atoms with van der Waals surface area (Å²) >= 11 is 1.08. The van der Waals surface area contributed by atoms with Crippen LogP contribution < -0.4 is 0 Å². The summed E-state index contributed by atoms with van der Waals surface area (Å²) in [4.78, 5) is 15.1. The topological polar surface area (TPSA) is 89.1 Å². The fraction of sp³-hybridized carbons (Fsp3) is 0.111. The van der Waals surface area contributed by atoms with Gasteiger partial charge in [-0.2, -0.15) is 0 Å². The van der Waals surface area contributed by atoms with Gasteiger partial charge in [0.2, 0.25) is 5.89 Å². The number of rotatable bonds is 3. The average molecular weight is 237 g/mol. The van der Waals surface area contributed by atoms with Gasteiger partial charge in [0.1, 0.15) is 0 Å². The number of carboxylic acid groups (broad SMARTS) is 1. The SMILES string of the molecule is Cc1nnc(Sc2cccnc2C(=O)O)o1. The number of carbonyl (C=O) groups is 1. The summed E-state index contributed by atoms with van der Waals surface area (Å²) in [6, 6.07) is 3.29. The van der Waals surface area contributed by atoms with Crippen molar-refractivity contribution in [2.24, 2.45) is 0 Å². The van der Waals surface area contributed by atoms with E-state index in [1.165, 1.54) is 6.20 Å². The number of aryl methyl sites for hydroxylation is 1. The maximum atomic E-state index is 10.9. The Kier molecular flexibility index (Phi) is 2.86. The molecule has 0 aliphatic carbocycles. The Hall–Kier alpha value is -1.89. The van der Waals surface area contributed by atoms with E-state index in [0.717, 1.165) is 11.8 Å².